The van der Waals surface area contributed by atoms with Crippen LogP contribution in [0.15, 0.2) is 56.3 Å². The number of fused-ring (bicyclic) bond motifs is 1. The Balaban J connectivity index is 1.61. The Morgan fingerprint density at radius 3 is 2.69 bits per heavy atom. The number of aromatic nitrogens is 3. The number of carbonyl (C=O) groups is 2. The van der Waals surface area contributed by atoms with Gasteiger partial charge in [0.15, 0.2) is 5.82 Å². The van der Waals surface area contributed by atoms with Gasteiger partial charge in [-0.05, 0) is 36.8 Å². The zero-order valence-electron chi connectivity index (χ0n) is 17.1. The van der Waals surface area contributed by atoms with Gasteiger partial charge in [-0.15, -0.1) is 0 Å². The second-order valence-corrected chi connectivity index (χ2v) is 8.11. The number of carbonyl (C=O) groups excluding carboxylic acids is 2. The predicted molar refractivity (Wildman–Crippen MR) is 125 cm³/mol. The number of benzene rings is 2. The summed E-state index contributed by atoms with van der Waals surface area (Å²) in [5.74, 6) is -0.957. The largest absolute Gasteiger partial charge is 0.439 e. The molecule has 0 bridgehead atoms. The first kappa shape index (κ1) is 21.6. The highest BCUT2D eigenvalue weighted by Crippen LogP contribution is 2.29. The number of hydrogen-bond acceptors (Lipinski definition) is 5. The van der Waals surface area contributed by atoms with Crippen molar-refractivity contribution in [2.45, 2.75) is 26.2 Å². The Morgan fingerprint density at radius 2 is 1.94 bits per heavy atom. The molecule has 2 aromatic heterocycles. The van der Waals surface area contributed by atoms with Gasteiger partial charge in [-0.3, -0.25) is 19.1 Å². The quantitative estimate of drug-likeness (QED) is 0.294. The number of rotatable bonds is 7. The van der Waals surface area contributed by atoms with Crippen LogP contribution in [0.4, 0.5) is 11.4 Å². The van der Waals surface area contributed by atoms with E-state index in [9.17, 15) is 14.4 Å². The molecule has 2 heterocycles. The van der Waals surface area contributed by atoms with Crippen molar-refractivity contribution in [2.75, 3.05) is 10.6 Å². The van der Waals surface area contributed by atoms with Crippen LogP contribution in [-0.4, -0.2) is 26.9 Å². The van der Waals surface area contributed by atoms with E-state index in [0.29, 0.717) is 34.6 Å². The smallest absolute Gasteiger partial charge is 0.349 e. The maximum absolute atomic E-state index is 13.0. The van der Waals surface area contributed by atoms with Crippen molar-refractivity contribution in [2.24, 2.45) is 0 Å². The number of anilines is 2. The Labute approximate surface area is 190 Å². The van der Waals surface area contributed by atoms with Gasteiger partial charge < -0.3 is 15.6 Å². The van der Waals surface area contributed by atoms with Gasteiger partial charge in [-0.1, -0.05) is 46.6 Å². The molecule has 0 unspecified atom stereocenters. The molecule has 9 nitrogen and oxygen atoms in total. The molecule has 10 heteroatoms. The first-order valence-corrected chi connectivity index (χ1v) is 10.8. The molecule has 32 heavy (non-hydrogen) atoms. The molecule has 4 rings (SSSR count). The monoisotopic (exact) mass is 497 g/mol. The van der Waals surface area contributed by atoms with Gasteiger partial charge in [0.25, 0.3) is 5.91 Å². The Bertz CT molecular complexity index is 1350. The van der Waals surface area contributed by atoms with E-state index in [2.05, 4.69) is 46.2 Å². The molecule has 0 saturated heterocycles. The van der Waals surface area contributed by atoms with Crippen LogP contribution in [0.2, 0.25) is 0 Å². The number of nitrogens with zero attached hydrogens (tertiary/aromatic N) is 1. The van der Waals surface area contributed by atoms with Crippen molar-refractivity contribution in [3.63, 3.8) is 0 Å². The molecule has 0 radical (unpaired) electrons. The van der Waals surface area contributed by atoms with Gasteiger partial charge in [0.1, 0.15) is 5.69 Å². The minimum Gasteiger partial charge on any atom is -0.349 e. The van der Waals surface area contributed by atoms with E-state index in [4.69, 9.17) is 0 Å². The third-order valence-corrected chi connectivity index (χ3v) is 5.35. The summed E-state index contributed by atoms with van der Waals surface area (Å²) in [4.78, 5) is 42.1. The summed E-state index contributed by atoms with van der Waals surface area (Å²) < 4.78 is 5.32. The lowest BCUT2D eigenvalue weighted by Crippen LogP contribution is -2.13. The van der Waals surface area contributed by atoms with Crippen molar-refractivity contribution in [1.29, 1.82) is 0 Å². The number of para-hydroxylation sites is 1. The molecule has 4 N–H and O–H groups in total. The number of nitrogens with one attached hydrogen (secondary N) is 4. The van der Waals surface area contributed by atoms with Crippen LogP contribution in [0.3, 0.4) is 0 Å². The van der Waals surface area contributed by atoms with Gasteiger partial charge in [0.2, 0.25) is 5.91 Å². The number of aromatic amines is 2. The van der Waals surface area contributed by atoms with E-state index in [0.717, 1.165) is 22.7 Å². The van der Waals surface area contributed by atoms with E-state index < -0.39 is 5.76 Å². The van der Waals surface area contributed by atoms with Crippen LogP contribution in [0.25, 0.3) is 22.3 Å². The lowest BCUT2D eigenvalue weighted by Gasteiger charge is -2.09. The number of halogens is 1. The maximum atomic E-state index is 13.0. The van der Waals surface area contributed by atoms with Crippen molar-refractivity contribution in [3.8, 4) is 11.4 Å². The fourth-order valence-corrected chi connectivity index (χ4v) is 3.65. The van der Waals surface area contributed by atoms with Gasteiger partial charge >= 0.3 is 5.76 Å². The molecular weight excluding hydrogens is 478 g/mol. The molecular formula is C22H20BrN5O4. The van der Waals surface area contributed by atoms with Crippen molar-refractivity contribution in [3.05, 3.63) is 63.2 Å². The van der Waals surface area contributed by atoms with E-state index in [1.165, 1.54) is 0 Å². The van der Waals surface area contributed by atoms with Gasteiger partial charge in [-0.25, -0.2) is 4.79 Å². The lowest BCUT2D eigenvalue weighted by molar-refractivity contribution is -0.116. The maximum Gasteiger partial charge on any atom is 0.439 e. The second kappa shape index (κ2) is 9.23. The first-order valence-electron chi connectivity index (χ1n) is 10.0. The lowest BCUT2D eigenvalue weighted by atomic mass is 10.1. The number of unbranched alkanes of at least 4 members (excludes halogenated alkanes) is 1. The summed E-state index contributed by atoms with van der Waals surface area (Å²) in [6.07, 6.45) is 2.19. The molecule has 2 amide bonds. The zero-order chi connectivity index (χ0) is 22.7. The minimum absolute atomic E-state index is 0.0685. The average Bonchev–Trinajstić information content (AvgIpc) is 3.40. The molecule has 2 aromatic carbocycles. The van der Waals surface area contributed by atoms with Crippen LogP contribution >= 0.6 is 15.9 Å². The summed E-state index contributed by atoms with van der Waals surface area (Å²) in [7, 11) is 0. The predicted octanol–water partition coefficient (Wildman–Crippen LogP) is 4.65. The highest BCUT2D eigenvalue weighted by atomic mass is 79.9. The molecule has 0 fully saturated rings. The summed E-state index contributed by atoms with van der Waals surface area (Å²) in [6, 6.07) is 12.3. The van der Waals surface area contributed by atoms with E-state index >= 15 is 0 Å². The molecule has 164 valence electrons. The molecule has 0 aliphatic rings. The summed E-state index contributed by atoms with van der Waals surface area (Å²) in [6.45, 7) is 2.03. The van der Waals surface area contributed by atoms with Crippen molar-refractivity contribution in [1.82, 2.24) is 15.1 Å². The Kier molecular flexibility index (Phi) is 6.22. The number of H-pyrrole nitrogens is 2. The fourth-order valence-electron chi connectivity index (χ4n) is 3.29. The second-order valence-electron chi connectivity index (χ2n) is 7.19. The normalized spacial score (nSPS) is 10.9. The molecule has 0 atom stereocenters. The van der Waals surface area contributed by atoms with Crippen LogP contribution in [0.5, 0.6) is 0 Å². The number of hydrogen-bond donors (Lipinski definition) is 4. The van der Waals surface area contributed by atoms with E-state index in [1.807, 2.05) is 19.1 Å². The van der Waals surface area contributed by atoms with Crippen LogP contribution < -0.4 is 16.4 Å². The van der Waals surface area contributed by atoms with Gasteiger partial charge in [0, 0.05) is 21.8 Å². The van der Waals surface area contributed by atoms with Crippen LogP contribution in [0.1, 0.15) is 36.7 Å². The van der Waals surface area contributed by atoms with Crippen LogP contribution in [-0.2, 0) is 4.79 Å². The number of amides is 2. The molecule has 0 saturated carbocycles. The average molecular weight is 498 g/mol. The third kappa shape index (κ3) is 4.65. The first-order chi connectivity index (χ1) is 15.4. The molecule has 0 aliphatic carbocycles. The zero-order valence-corrected chi connectivity index (χ0v) is 18.7. The van der Waals surface area contributed by atoms with Crippen LogP contribution in [0, 0.1) is 0 Å². The Morgan fingerprint density at radius 1 is 1.09 bits per heavy atom. The van der Waals surface area contributed by atoms with E-state index in [-0.39, 0.29) is 17.6 Å². The third-order valence-electron chi connectivity index (χ3n) is 4.86. The highest BCUT2D eigenvalue weighted by Gasteiger charge is 2.17. The molecule has 4 aromatic rings. The summed E-state index contributed by atoms with van der Waals surface area (Å²) >= 11 is 3.37. The molecule has 0 aliphatic heterocycles. The Hall–Kier alpha value is -3.66. The summed E-state index contributed by atoms with van der Waals surface area (Å²) in [5.41, 5.74) is 2.53. The summed E-state index contributed by atoms with van der Waals surface area (Å²) in [5, 5.41) is 10.2. The molecule has 0 spiro atoms. The topological polar surface area (TPSA) is 133 Å². The van der Waals surface area contributed by atoms with Gasteiger partial charge in [-0.2, -0.15) is 0 Å². The van der Waals surface area contributed by atoms with E-state index in [1.54, 1.807) is 30.3 Å². The van der Waals surface area contributed by atoms with Crippen molar-refractivity contribution < 1.29 is 14.1 Å². The minimum atomic E-state index is -0.693. The standard InChI is InChI=1S/C22H20BrN5O4/c1-2-3-7-18(29)24-16-6-4-5-12-10-17(25-19(12)16)21(30)26-15-9-8-13(23)11-14(15)20-27-22(31)32-28-20/h4-6,8-11,25H,2-3,7H2,1H3,(H,24,29)(H,26,30)(H,27,28,31). The van der Waals surface area contributed by atoms with Gasteiger partial charge in [0.05, 0.1) is 16.9 Å². The highest BCUT2D eigenvalue weighted by molar-refractivity contribution is 9.10. The fraction of sp³-hybridized carbons (Fsp3) is 0.182. The SMILES string of the molecule is CCCCC(=O)Nc1cccc2cc(C(=O)Nc3ccc(Br)cc3-c3noc(=O)[nH]3)[nH]c12. The van der Waals surface area contributed by atoms with Crippen molar-refractivity contribution >= 4 is 50.0 Å².